The van der Waals surface area contributed by atoms with E-state index < -0.39 is 11.8 Å². The third-order valence-corrected chi connectivity index (χ3v) is 2.74. The molecule has 0 fully saturated rings. The third kappa shape index (κ3) is 2.03. The van der Waals surface area contributed by atoms with Crippen molar-refractivity contribution in [1.29, 1.82) is 5.26 Å². The van der Waals surface area contributed by atoms with E-state index in [1.54, 1.807) is 0 Å². The molecule has 20 heavy (non-hydrogen) atoms. The van der Waals surface area contributed by atoms with Crippen molar-refractivity contribution in [3.63, 3.8) is 0 Å². The first-order chi connectivity index (χ1) is 9.49. The number of hydrogen-bond acceptors (Lipinski definition) is 5. The first-order valence-corrected chi connectivity index (χ1v) is 5.47. The summed E-state index contributed by atoms with van der Waals surface area (Å²) in [6.45, 7) is 0. The van der Waals surface area contributed by atoms with Crippen LogP contribution in [0.25, 0.3) is 5.69 Å². The second-order valence-electron chi connectivity index (χ2n) is 3.91. The number of phenolic OH excluding ortho intramolecular Hbond substituents is 1. The highest BCUT2D eigenvalue weighted by Gasteiger charge is 2.23. The number of carbonyl (C=O) groups is 1. The summed E-state index contributed by atoms with van der Waals surface area (Å²) in [5.41, 5.74) is 5.46. The van der Waals surface area contributed by atoms with E-state index in [1.807, 2.05) is 6.07 Å². The summed E-state index contributed by atoms with van der Waals surface area (Å²) >= 11 is 0. The van der Waals surface area contributed by atoms with Crippen LogP contribution >= 0.6 is 0 Å². The zero-order valence-corrected chi connectivity index (χ0v) is 10.4. The highest BCUT2D eigenvalue weighted by atomic mass is 19.1. The number of nitrogens with two attached hydrogens (primary N) is 1. The number of nitrogen functional groups attached to an aromatic ring is 1. The maximum absolute atomic E-state index is 13.3. The van der Waals surface area contributed by atoms with Gasteiger partial charge in [0.05, 0.1) is 24.0 Å². The monoisotopic (exact) mass is 275 g/mol. The van der Waals surface area contributed by atoms with Crippen molar-refractivity contribution in [1.82, 2.24) is 4.57 Å². The number of phenols is 1. The number of benzene rings is 1. The molecule has 102 valence electrons. The van der Waals surface area contributed by atoms with E-state index in [0.29, 0.717) is 0 Å². The minimum absolute atomic E-state index is 0.0152. The fourth-order valence-electron chi connectivity index (χ4n) is 1.79. The van der Waals surface area contributed by atoms with E-state index in [9.17, 15) is 14.3 Å². The molecule has 0 atom stereocenters. The molecule has 0 saturated heterocycles. The van der Waals surface area contributed by atoms with Gasteiger partial charge in [0, 0.05) is 12.3 Å². The molecule has 0 amide bonds. The molecule has 0 bridgehead atoms. The smallest absolute Gasteiger partial charge is 0.357 e. The summed E-state index contributed by atoms with van der Waals surface area (Å²) < 4.78 is 19.0. The summed E-state index contributed by atoms with van der Waals surface area (Å²) in [4.78, 5) is 11.7. The van der Waals surface area contributed by atoms with E-state index in [1.165, 1.54) is 6.20 Å². The number of halogens is 1. The second-order valence-corrected chi connectivity index (χ2v) is 3.91. The summed E-state index contributed by atoms with van der Waals surface area (Å²) in [7, 11) is 1.15. The van der Waals surface area contributed by atoms with Gasteiger partial charge in [0.15, 0.2) is 5.69 Å². The van der Waals surface area contributed by atoms with Crippen LogP contribution in [0, 0.1) is 17.1 Å². The Morgan fingerprint density at radius 1 is 1.55 bits per heavy atom. The Balaban J connectivity index is 2.77. The lowest BCUT2D eigenvalue weighted by atomic mass is 10.2. The number of aromatic nitrogens is 1. The van der Waals surface area contributed by atoms with Crippen LogP contribution in [0.15, 0.2) is 24.4 Å². The lowest BCUT2D eigenvalue weighted by molar-refractivity contribution is 0.0593. The quantitative estimate of drug-likeness (QED) is 0.810. The summed E-state index contributed by atoms with van der Waals surface area (Å²) in [5.74, 6) is -1.68. The molecule has 2 rings (SSSR count). The van der Waals surface area contributed by atoms with Crippen LogP contribution in [0.4, 0.5) is 10.1 Å². The van der Waals surface area contributed by atoms with Crippen molar-refractivity contribution < 1.29 is 19.0 Å². The number of hydrogen-bond donors (Lipinski definition) is 2. The third-order valence-electron chi connectivity index (χ3n) is 2.74. The van der Waals surface area contributed by atoms with Gasteiger partial charge in [-0.2, -0.15) is 5.26 Å². The van der Waals surface area contributed by atoms with E-state index in [-0.39, 0.29) is 28.4 Å². The first-order valence-electron chi connectivity index (χ1n) is 5.47. The molecule has 0 unspecified atom stereocenters. The van der Waals surface area contributed by atoms with E-state index in [4.69, 9.17) is 11.0 Å². The highest BCUT2D eigenvalue weighted by Crippen LogP contribution is 2.29. The SMILES string of the molecule is COC(=O)c1c(N)c(C#N)cn1-c1cc(F)ccc1O. The molecule has 0 saturated carbocycles. The van der Waals surface area contributed by atoms with Crippen LogP contribution in [0.1, 0.15) is 16.1 Å². The average Bonchev–Trinajstić information content (AvgIpc) is 2.77. The fraction of sp³-hybridized carbons (Fsp3) is 0.0769. The zero-order valence-electron chi connectivity index (χ0n) is 10.4. The molecule has 3 N–H and O–H groups in total. The molecule has 7 heteroatoms. The molecule has 0 aliphatic heterocycles. The Morgan fingerprint density at radius 3 is 2.85 bits per heavy atom. The predicted octanol–water partition coefficient (Wildman–Crippen LogP) is 1.56. The van der Waals surface area contributed by atoms with Crippen molar-refractivity contribution in [2.45, 2.75) is 0 Å². The van der Waals surface area contributed by atoms with E-state index >= 15 is 0 Å². The van der Waals surface area contributed by atoms with Gasteiger partial charge in [-0.05, 0) is 12.1 Å². The number of ether oxygens (including phenoxy) is 1. The molecular weight excluding hydrogens is 265 g/mol. The number of aromatic hydroxyl groups is 1. The molecule has 2 aromatic rings. The van der Waals surface area contributed by atoms with Crippen LogP contribution in [0.3, 0.4) is 0 Å². The van der Waals surface area contributed by atoms with E-state index in [0.717, 1.165) is 29.9 Å². The lowest BCUT2D eigenvalue weighted by Gasteiger charge is -2.10. The normalized spacial score (nSPS) is 10.1. The summed E-state index contributed by atoms with van der Waals surface area (Å²) in [5, 5.41) is 18.7. The molecule has 0 aliphatic carbocycles. The Labute approximate surface area is 113 Å². The summed E-state index contributed by atoms with van der Waals surface area (Å²) in [6, 6.07) is 5.02. The van der Waals surface area contributed by atoms with Crippen LogP contribution < -0.4 is 5.73 Å². The number of carbonyl (C=O) groups excluding carboxylic acids is 1. The number of anilines is 1. The number of rotatable bonds is 2. The largest absolute Gasteiger partial charge is 0.506 e. The second kappa shape index (κ2) is 4.93. The van der Waals surface area contributed by atoms with Crippen molar-refractivity contribution >= 4 is 11.7 Å². The van der Waals surface area contributed by atoms with Crippen LogP contribution in [0.5, 0.6) is 5.75 Å². The Morgan fingerprint density at radius 2 is 2.25 bits per heavy atom. The minimum Gasteiger partial charge on any atom is -0.506 e. The van der Waals surface area contributed by atoms with Crippen molar-refractivity contribution in [2.75, 3.05) is 12.8 Å². The van der Waals surface area contributed by atoms with Gasteiger partial charge in [-0.3, -0.25) is 0 Å². The van der Waals surface area contributed by atoms with E-state index in [2.05, 4.69) is 4.74 Å². The van der Waals surface area contributed by atoms with Gasteiger partial charge in [0.2, 0.25) is 0 Å². The van der Waals surface area contributed by atoms with Crippen molar-refractivity contribution in [3.8, 4) is 17.5 Å². The van der Waals surface area contributed by atoms with Gasteiger partial charge in [0.1, 0.15) is 17.6 Å². The maximum Gasteiger partial charge on any atom is 0.357 e. The van der Waals surface area contributed by atoms with Crippen LogP contribution in [-0.4, -0.2) is 22.8 Å². The first kappa shape index (κ1) is 13.4. The van der Waals surface area contributed by atoms with Gasteiger partial charge in [-0.15, -0.1) is 0 Å². The Bertz CT molecular complexity index is 731. The molecule has 1 heterocycles. The lowest BCUT2D eigenvalue weighted by Crippen LogP contribution is -2.11. The molecule has 1 aromatic carbocycles. The topological polar surface area (TPSA) is 101 Å². The van der Waals surface area contributed by atoms with Crippen molar-refractivity contribution in [3.05, 3.63) is 41.5 Å². The van der Waals surface area contributed by atoms with Crippen molar-refractivity contribution in [2.24, 2.45) is 0 Å². The fourth-order valence-corrected chi connectivity index (χ4v) is 1.79. The minimum atomic E-state index is -0.798. The zero-order chi connectivity index (χ0) is 14.9. The standard InChI is InChI=1S/C13H10FN3O3/c1-20-13(19)12-11(16)7(5-15)6-17(12)9-4-8(14)2-3-10(9)18/h2-4,6,18H,16H2,1H3. The molecule has 6 nitrogen and oxygen atoms in total. The van der Waals surface area contributed by atoms with Gasteiger partial charge in [-0.1, -0.05) is 0 Å². The van der Waals surface area contributed by atoms with Crippen LogP contribution in [0.2, 0.25) is 0 Å². The number of esters is 1. The molecular formula is C13H10FN3O3. The van der Waals surface area contributed by atoms with Crippen LogP contribution in [-0.2, 0) is 4.74 Å². The molecule has 0 aliphatic rings. The maximum atomic E-state index is 13.3. The van der Waals surface area contributed by atoms with Gasteiger partial charge < -0.3 is 20.1 Å². The number of methoxy groups -OCH3 is 1. The molecule has 0 radical (unpaired) electrons. The van der Waals surface area contributed by atoms with Gasteiger partial charge in [0.25, 0.3) is 0 Å². The van der Waals surface area contributed by atoms with Gasteiger partial charge in [-0.25, -0.2) is 9.18 Å². The Hall–Kier alpha value is -3.01. The van der Waals surface area contributed by atoms with Gasteiger partial charge >= 0.3 is 5.97 Å². The number of nitriles is 1. The highest BCUT2D eigenvalue weighted by molar-refractivity contribution is 5.96. The molecule has 0 spiro atoms. The summed E-state index contributed by atoms with van der Waals surface area (Å²) in [6.07, 6.45) is 1.23. The Kier molecular flexibility index (Phi) is 3.31. The average molecular weight is 275 g/mol. The number of nitrogens with zero attached hydrogens (tertiary/aromatic N) is 2. The molecule has 1 aromatic heterocycles. The predicted molar refractivity (Wildman–Crippen MR) is 67.9 cm³/mol.